The number of carbonyl (C=O) groups excluding carboxylic acids is 1. The average Bonchev–Trinajstić information content (AvgIpc) is 3.40. The number of aliphatic hydroxyl groups is 1. The minimum atomic E-state index is -0.772. The van der Waals surface area contributed by atoms with Crippen molar-refractivity contribution < 1.29 is 33.6 Å². The van der Waals surface area contributed by atoms with E-state index in [9.17, 15) is 9.90 Å². The first kappa shape index (κ1) is 21.8. The standard InChI is InChI=1S/C24H33NO7/c1-22(2,3)32-21(27)25-9-6-17-13-24(30-10-11-31-24)8-7-23(17,14-25)20(26)16-4-5-18-19(12-16)29-15-28-18/h4-5,12,17,20,26H,6-11,13-15H2,1-3H3/t17-,20?,23-/m0/s1. The summed E-state index contributed by atoms with van der Waals surface area (Å²) in [6.45, 7) is 8.02. The zero-order valence-corrected chi connectivity index (χ0v) is 19.1. The van der Waals surface area contributed by atoms with Gasteiger partial charge in [-0.05, 0) is 57.2 Å². The molecule has 1 spiro atoms. The average molecular weight is 448 g/mol. The number of amides is 1. The number of rotatable bonds is 2. The van der Waals surface area contributed by atoms with Crippen molar-refractivity contribution in [3.8, 4) is 11.5 Å². The lowest BCUT2D eigenvalue weighted by Crippen LogP contribution is -2.59. The molecule has 1 aromatic rings. The van der Waals surface area contributed by atoms with E-state index in [0.717, 1.165) is 18.4 Å². The number of benzene rings is 1. The van der Waals surface area contributed by atoms with E-state index in [1.165, 1.54) is 0 Å². The Labute approximate surface area is 188 Å². The number of piperidine rings is 1. The van der Waals surface area contributed by atoms with Gasteiger partial charge in [0, 0.05) is 31.3 Å². The van der Waals surface area contributed by atoms with Gasteiger partial charge in [0.1, 0.15) is 5.60 Å². The van der Waals surface area contributed by atoms with Crippen LogP contribution in [-0.2, 0) is 14.2 Å². The number of hydrogen-bond acceptors (Lipinski definition) is 7. The molecule has 1 amide bonds. The normalized spacial score (nSPS) is 29.6. The molecule has 3 aliphatic heterocycles. The maximum atomic E-state index is 12.9. The SMILES string of the molecule is CC(C)(C)OC(=O)N1CC[C@H]2CC3(CC[C@]2(C(O)c2ccc4c(c2)OCO4)C1)OCCO3. The van der Waals surface area contributed by atoms with E-state index in [2.05, 4.69) is 0 Å². The van der Waals surface area contributed by atoms with Gasteiger partial charge in [-0.1, -0.05) is 6.07 Å². The van der Waals surface area contributed by atoms with Gasteiger partial charge in [-0.15, -0.1) is 0 Å². The highest BCUT2D eigenvalue weighted by Crippen LogP contribution is 2.57. The third-order valence-electron chi connectivity index (χ3n) is 7.30. The van der Waals surface area contributed by atoms with Crippen LogP contribution in [-0.4, -0.2) is 60.6 Å². The summed E-state index contributed by atoms with van der Waals surface area (Å²) in [5.41, 5.74) is -0.322. The zero-order valence-electron chi connectivity index (χ0n) is 19.1. The van der Waals surface area contributed by atoms with E-state index >= 15 is 0 Å². The van der Waals surface area contributed by atoms with Gasteiger partial charge in [0.05, 0.1) is 19.3 Å². The van der Waals surface area contributed by atoms with Crippen LogP contribution in [0.25, 0.3) is 0 Å². The molecule has 4 aliphatic rings. The van der Waals surface area contributed by atoms with Crippen molar-refractivity contribution in [2.75, 3.05) is 33.1 Å². The fraction of sp³-hybridized carbons (Fsp3) is 0.708. The molecular formula is C24H33NO7. The molecule has 0 aromatic heterocycles. The molecule has 3 heterocycles. The van der Waals surface area contributed by atoms with E-state index < -0.39 is 22.9 Å². The van der Waals surface area contributed by atoms with Gasteiger partial charge in [-0.25, -0.2) is 4.79 Å². The van der Waals surface area contributed by atoms with Crippen molar-refractivity contribution in [2.45, 2.75) is 63.9 Å². The Morgan fingerprint density at radius 3 is 2.69 bits per heavy atom. The number of hydrogen-bond donors (Lipinski definition) is 1. The van der Waals surface area contributed by atoms with Crippen LogP contribution >= 0.6 is 0 Å². The van der Waals surface area contributed by atoms with Crippen molar-refractivity contribution in [1.82, 2.24) is 4.90 Å². The summed E-state index contributed by atoms with van der Waals surface area (Å²) in [6, 6.07) is 5.59. The number of aliphatic hydroxyl groups excluding tert-OH is 1. The van der Waals surface area contributed by atoms with Crippen LogP contribution in [0.3, 0.4) is 0 Å². The minimum absolute atomic E-state index is 0.147. The Hall–Kier alpha value is -2.03. The molecule has 1 N–H and O–H groups in total. The quantitative estimate of drug-likeness (QED) is 0.741. The molecular weight excluding hydrogens is 414 g/mol. The molecule has 8 heteroatoms. The molecule has 176 valence electrons. The summed E-state index contributed by atoms with van der Waals surface area (Å²) in [5, 5.41) is 11.8. The van der Waals surface area contributed by atoms with E-state index in [1.807, 2.05) is 39.0 Å². The van der Waals surface area contributed by atoms with Gasteiger partial charge in [-0.3, -0.25) is 0 Å². The summed E-state index contributed by atoms with van der Waals surface area (Å²) in [6.07, 6.45) is 1.75. The molecule has 1 unspecified atom stereocenters. The van der Waals surface area contributed by atoms with E-state index in [-0.39, 0.29) is 18.8 Å². The first-order valence-electron chi connectivity index (χ1n) is 11.5. The van der Waals surface area contributed by atoms with Crippen molar-refractivity contribution in [3.05, 3.63) is 23.8 Å². The van der Waals surface area contributed by atoms with Crippen LogP contribution < -0.4 is 9.47 Å². The second-order valence-electron chi connectivity index (χ2n) is 10.4. The van der Waals surface area contributed by atoms with Crippen molar-refractivity contribution in [1.29, 1.82) is 0 Å². The van der Waals surface area contributed by atoms with Crippen LogP contribution in [0.1, 0.15) is 58.1 Å². The first-order chi connectivity index (χ1) is 15.2. The zero-order chi connectivity index (χ0) is 22.6. The Kier molecular flexibility index (Phi) is 5.30. The van der Waals surface area contributed by atoms with Crippen LogP contribution in [0.4, 0.5) is 4.79 Å². The molecule has 0 bridgehead atoms. The van der Waals surface area contributed by atoms with Crippen LogP contribution in [0.5, 0.6) is 11.5 Å². The lowest BCUT2D eigenvalue weighted by molar-refractivity contribution is -0.230. The van der Waals surface area contributed by atoms with Crippen molar-refractivity contribution >= 4 is 6.09 Å². The number of nitrogens with zero attached hydrogens (tertiary/aromatic N) is 1. The predicted octanol–water partition coefficient (Wildman–Crippen LogP) is 3.62. The highest BCUT2D eigenvalue weighted by Gasteiger charge is 2.58. The lowest BCUT2D eigenvalue weighted by atomic mass is 9.57. The summed E-state index contributed by atoms with van der Waals surface area (Å²) in [7, 11) is 0. The minimum Gasteiger partial charge on any atom is -0.454 e. The Bertz CT molecular complexity index is 876. The third-order valence-corrected chi connectivity index (χ3v) is 7.30. The highest BCUT2D eigenvalue weighted by molar-refractivity contribution is 5.68. The van der Waals surface area contributed by atoms with Gasteiger partial charge in [0.2, 0.25) is 6.79 Å². The molecule has 5 rings (SSSR count). The summed E-state index contributed by atoms with van der Waals surface area (Å²) in [4.78, 5) is 14.7. The van der Waals surface area contributed by atoms with Crippen molar-refractivity contribution in [2.24, 2.45) is 11.3 Å². The molecule has 1 aromatic carbocycles. The fourth-order valence-corrected chi connectivity index (χ4v) is 5.75. The number of ether oxygens (including phenoxy) is 5. The topological polar surface area (TPSA) is 86.7 Å². The summed E-state index contributed by atoms with van der Waals surface area (Å²) >= 11 is 0. The number of carbonyl (C=O) groups is 1. The number of likely N-dealkylation sites (tertiary alicyclic amines) is 1. The molecule has 0 radical (unpaired) electrons. The molecule has 1 aliphatic carbocycles. The maximum Gasteiger partial charge on any atom is 0.410 e. The van der Waals surface area contributed by atoms with Gasteiger partial charge in [-0.2, -0.15) is 0 Å². The van der Waals surface area contributed by atoms with E-state index in [4.69, 9.17) is 23.7 Å². The van der Waals surface area contributed by atoms with E-state index in [1.54, 1.807) is 4.90 Å². The molecule has 3 fully saturated rings. The molecule has 1 saturated carbocycles. The Morgan fingerprint density at radius 1 is 1.19 bits per heavy atom. The smallest absolute Gasteiger partial charge is 0.410 e. The maximum absolute atomic E-state index is 12.9. The largest absolute Gasteiger partial charge is 0.454 e. The second-order valence-corrected chi connectivity index (χ2v) is 10.4. The number of fused-ring (bicyclic) bond motifs is 2. The predicted molar refractivity (Wildman–Crippen MR) is 114 cm³/mol. The molecule has 2 saturated heterocycles. The van der Waals surface area contributed by atoms with Gasteiger partial charge < -0.3 is 33.7 Å². The monoisotopic (exact) mass is 447 g/mol. The molecule has 32 heavy (non-hydrogen) atoms. The Morgan fingerprint density at radius 2 is 1.94 bits per heavy atom. The molecule has 8 nitrogen and oxygen atoms in total. The van der Waals surface area contributed by atoms with Crippen molar-refractivity contribution in [3.63, 3.8) is 0 Å². The summed E-state index contributed by atoms with van der Waals surface area (Å²) < 4.78 is 28.7. The van der Waals surface area contributed by atoms with Gasteiger partial charge in [0.25, 0.3) is 0 Å². The highest BCUT2D eigenvalue weighted by atomic mass is 16.7. The Balaban J connectivity index is 1.45. The third kappa shape index (κ3) is 3.82. The van der Waals surface area contributed by atoms with Crippen LogP contribution in [0.2, 0.25) is 0 Å². The first-order valence-corrected chi connectivity index (χ1v) is 11.5. The van der Waals surface area contributed by atoms with Gasteiger partial charge >= 0.3 is 6.09 Å². The van der Waals surface area contributed by atoms with E-state index in [0.29, 0.717) is 50.6 Å². The summed E-state index contributed by atoms with van der Waals surface area (Å²) in [5.74, 6) is 0.915. The molecule has 3 atom stereocenters. The van der Waals surface area contributed by atoms with Gasteiger partial charge in [0.15, 0.2) is 17.3 Å². The second kappa shape index (κ2) is 7.78. The fourth-order valence-electron chi connectivity index (χ4n) is 5.75. The lowest BCUT2D eigenvalue weighted by Gasteiger charge is -2.56. The van der Waals surface area contributed by atoms with Crippen LogP contribution in [0, 0.1) is 11.3 Å². The van der Waals surface area contributed by atoms with Crippen LogP contribution in [0.15, 0.2) is 18.2 Å².